The minimum atomic E-state index is -1.03. The van der Waals surface area contributed by atoms with Crippen molar-refractivity contribution in [1.29, 1.82) is 0 Å². The van der Waals surface area contributed by atoms with E-state index in [-0.39, 0.29) is 4.88 Å². The normalized spacial score (nSPS) is 9.55. The van der Waals surface area contributed by atoms with E-state index in [0.29, 0.717) is 16.1 Å². The first-order valence-electron chi connectivity index (χ1n) is 2.66. The van der Waals surface area contributed by atoms with Gasteiger partial charge >= 0.3 is 5.97 Å². The summed E-state index contributed by atoms with van der Waals surface area (Å²) in [4.78, 5) is 20.7. The molecule has 1 aromatic heterocycles. The fraction of sp³-hybridized carbons (Fsp3) is 0. The fourth-order valence-electron chi connectivity index (χ4n) is 0.585. The van der Waals surface area contributed by atoms with Crippen LogP contribution in [0.1, 0.15) is 20.0 Å². The number of hydrogen-bond donors (Lipinski definition) is 2. The first-order valence-corrected chi connectivity index (χ1v) is 3.93. The Morgan fingerprint density at radius 1 is 1.73 bits per heavy atom. The molecule has 0 fully saturated rings. The molecular formula is C6H4O3S2. The molecule has 11 heavy (non-hydrogen) atoms. The van der Waals surface area contributed by atoms with Gasteiger partial charge < -0.3 is 5.11 Å². The molecule has 58 valence electrons. The van der Waals surface area contributed by atoms with Crippen LogP contribution in [0.25, 0.3) is 0 Å². The van der Waals surface area contributed by atoms with Crippen molar-refractivity contribution in [3.8, 4) is 0 Å². The predicted octanol–water partition coefficient (Wildman–Crippen LogP) is 1.55. The van der Waals surface area contributed by atoms with Gasteiger partial charge in [0, 0.05) is 5.56 Å². The Bertz CT molecular complexity index is 303. The van der Waals surface area contributed by atoms with E-state index in [0.717, 1.165) is 11.3 Å². The highest BCUT2D eigenvalue weighted by Crippen LogP contribution is 2.24. The van der Waals surface area contributed by atoms with Gasteiger partial charge in [0.15, 0.2) is 6.29 Å². The maximum absolute atomic E-state index is 10.3. The number of carboxylic acid groups (broad SMARTS) is 1. The zero-order valence-corrected chi connectivity index (χ0v) is 6.98. The van der Waals surface area contributed by atoms with Crippen molar-refractivity contribution >= 4 is 36.2 Å². The molecule has 0 bridgehead atoms. The Labute approximate surface area is 72.1 Å². The van der Waals surface area contributed by atoms with Crippen LogP contribution in [-0.2, 0) is 0 Å². The second kappa shape index (κ2) is 3.06. The molecule has 0 aromatic carbocycles. The van der Waals surface area contributed by atoms with Gasteiger partial charge in [-0.25, -0.2) is 4.79 Å². The molecule has 0 saturated carbocycles. The molecule has 0 unspecified atom stereocenters. The number of rotatable bonds is 2. The topological polar surface area (TPSA) is 54.4 Å². The number of thiol groups is 1. The molecular weight excluding hydrogens is 184 g/mol. The Hall–Kier alpha value is -0.810. The fourth-order valence-corrected chi connectivity index (χ4v) is 1.70. The molecule has 5 heteroatoms. The van der Waals surface area contributed by atoms with E-state index in [2.05, 4.69) is 12.6 Å². The van der Waals surface area contributed by atoms with Crippen molar-refractivity contribution in [2.45, 2.75) is 4.21 Å². The number of carbonyl (C=O) groups is 2. The molecule has 0 atom stereocenters. The van der Waals surface area contributed by atoms with Crippen molar-refractivity contribution in [3.05, 3.63) is 16.5 Å². The number of thiophene rings is 1. The van der Waals surface area contributed by atoms with E-state index in [4.69, 9.17) is 5.11 Å². The van der Waals surface area contributed by atoms with E-state index >= 15 is 0 Å². The van der Waals surface area contributed by atoms with Crippen molar-refractivity contribution in [1.82, 2.24) is 0 Å². The van der Waals surface area contributed by atoms with Crippen LogP contribution in [0.2, 0.25) is 0 Å². The van der Waals surface area contributed by atoms with Gasteiger partial charge in [0.2, 0.25) is 0 Å². The zero-order chi connectivity index (χ0) is 8.43. The lowest BCUT2D eigenvalue weighted by Crippen LogP contribution is -1.90. The van der Waals surface area contributed by atoms with E-state index in [1.165, 1.54) is 6.07 Å². The molecule has 0 aliphatic heterocycles. The molecule has 3 nitrogen and oxygen atoms in total. The van der Waals surface area contributed by atoms with E-state index < -0.39 is 5.97 Å². The van der Waals surface area contributed by atoms with Gasteiger partial charge in [0.1, 0.15) is 4.88 Å². The van der Waals surface area contributed by atoms with Crippen molar-refractivity contribution in [2.24, 2.45) is 0 Å². The summed E-state index contributed by atoms with van der Waals surface area (Å²) < 4.78 is 0.442. The van der Waals surface area contributed by atoms with E-state index in [1.807, 2.05) is 0 Å². The average Bonchev–Trinajstić information content (AvgIpc) is 2.31. The molecule has 1 N–H and O–H groups in total. The first-order chi connectivity index (χ1) is 5.15. The van der Waals surface area contributed by atoms with Crippen molar-refractivity contribution in [3.63, 3.8) is 0 Å². The lowest BCUT2D eigenvalue weighted by Gasteiger charge is -1.79. The predicted molar refractivity (Wildman–Crippen MR) is 43.9 cm³/mol. The lowest BCUT2D eigenvalue weighted by molar-refractivity contribution is 0.0702. The molecule has 0 amide bonds. The highest BCUT2D eigenvalue weighted by atomic mass is 32.2. The van der Waals surface area contributed by atoms with Gasteiger partial charge in [-0.05, 0) is 6.07 Å². The van der Waals surface area contributed by atoms with Crippen molar-refractivity contribution < 1.29 is 14.7 Å². The Morgan fingerprint density at radius 3 is 2.64 bits per heavy atom. The van der Waals surface area contributed by atoms with Crippen LogP contribution in [0, 0.1) is 0 Å². The summed E-state index contributed by atoms with van der Waals surface area (Å²) in [6.07, 6.45) is 0.589. The molecule has 0 aliphatic carbocycles. The molecule has 0 spiro atoms. The standard InChI is InChI=1S/C6H4O3S2/c7-2-3-1-4(5(8)9)11-6(3)10/h1-2,10H,(H,8,9). The third kappa shape index (κ3) is 1.61. The maximum atomic E-state index is 10.3. The number of aldehydes is 1. The number of carbonyl (C=O) groups excluding carboxylic acids is 1. The summed E-state index contributed by atoms with van der Waals surface area (Å²) in [5, 5.41) is 8.48. The second-order valence-electron chi connectivity index (χ2n) is 1.79. The summed E-state index contributed by atoms with van der Waals surface area (Å²) >= 11 is 4.90. The third-order valence-corrected chi connectivity index (χ3v) is 2.55. The Balaban J connectivity index is 3.14. The molecule has 1 rings (SSSR count). The maximum Gasteiger partial charge on any atom is 0.345 e. The number of hydrogen-bond acceptors (Lipinski definition) is 4. The average molecular weight is 188 g/mol. The summed E-state index contributed by atoms with van der Waals surface area (Å²) in [5.74, 6) is -1.03. The number of carboxylic acids is 1. The summed E-state index contributed by atoms with van der Waals surface area (Å²) in [5.41, 5.74) is 0.329. The molecule has 0 aliphatic rings. The monoisotopic (exact) mass is 188 g/mol. The summed E-state index contributed by atoms with van der Waals surface area (Å²) in [7, 11) is 0. The molecule has 0 saturated heterocycles. The Kier molecular flexibility index (Phi) is 2.31. The number of aromatic carboxylic acids is 1. The van der Waals surface area contributed by atoms with Crippen LogP contribution >= 0.6 is 24.0 Å². The van der Waals surface area contributed by atoms with Gasteiger partial charge in [-0.2, -0.15) is 0 Å². The van der Waals surface area contributed by atoms with Gasteiger partial charge in [0.25, 0.3) is 0 Å². The van der Waals surface area contributed by atoms with Gasteiger partial charge in [-0.15, -0.1) is 24.0 Å². The molecule has 0 radical (unpaired) electrons. The van der Waals surface area contributed by atoms with Gasteiger partial charge in [0.05, 0.1) is 4.21 Å². The first kappa shape index (κ1) is 8.29. The van der Waals surface area contributed by atoms with Crippen LogP contribution < -0.4 is 0 Å². The minimum Gasteiger partial charge on any atom is -0.477 e. The van der Waals surface area contributed by atoms with Crippen LogP contribution in [0.3, 0.4) is 0 Å². The lowest BCUT2D eigenvalue weighted by atomic mass is 10.3. The van der Waals surface area contributed by atoms with E-state index in [1.54, 1.807) is 0 Å². The van der Waals surface area contributed by atoms with Crippen LogP contribution in [0.15, 0.2) is 10.3 Å². The smallest absolute Gasteiger partial charge is 0.345 e. The van der Waals surface area contributed by atoms with Gasteiger partial charge in [-0.3, -0.25) is 4.79 Å². The quantitative estimate of drug-likeness (QED) is 0.547. The van der Waals surface area contributed by atoms with Gasteiger partial charge in [-0.1, -0.05) is 0 Å². The minimum absolute atomic E-state index is 0.136. The summed E-state index contributed by atoms with van der Waals surface area (Å²) in [6, 6.07) is 1.31. The highest BCUT2D eigenvalue weighted by molar-refractivity contribution is 7.83. The van der Waals surface area contributed by atoms with Crippen LogP contribution in [-0.4, -0.2) is 17.4 Å². The molecule has 1 aromatic rings. The molecule has 1 heterocycles. The van der Waals surface area contributed by atoms with Crippen LogP contribution in [0.5, 0.6) is 0 Å². The largest absolute Gasteiger partial charge is 0.477 e. The highest BCUT2D eigenvalue weighted by Gasteiger charge is 2.10. The second-order valence-corrected chi connectivity index (χ2v) is 3.60. The zero-order valence-electron chi connectivity index (χ0n) is 5.27. The van der Waals surface area contributed by atoms with Crippen LogP contribution in [0.4, 0.5) is 0 Å². The SMILES string of the molecule is O=Cc1cc(C(=O)O)sc1S. The summed E-state index contributed by atoms with van der Waals surface area (Å²) in [6.45, 7) is 0. The van der Waals surface area contributed by atoms with E-state index in [9.17, 15) is 9.59 Å². The van der Waals surface area contributed by atoms with Crippen molar-refractivity contribution in [2.75, 3.05) is 0 Å². The third-order valence-electron chi connectivity index (χ3n) is 1.08. The Morgan fingerprint density at radius 2 is 2.36 bits per heavy atom.